The summed E-state index contributed by atoms with van der Waals surface area (Å²) in [4.78, 5) is 6.51. The van der Waals surface area contributed by atoms with Gasteiger partial charge in [0.2, 0.25) is 0 Å². The largest absolute Gasteiger partial charge is 0.395 e. The first-order valence-electron chi connectivity index (χ1n) is 6.39. The van der Waals surface area contributed by atoms with Crippen LogP contribution in [0.3, 0.4) is 0 Å². The molecule has 0 spiro atoms. The Morgan fingerprint density at radius 2 is 2.33 bits per heavy atom. The fraction of sp³-hybridized carbons (Fsp3) is 0.500. The highest BCUT2D eigenvalue weighted by Crippen LogP contribution is 2.16. The van der Waals surface area contributed by atoms with E-state index in [1.807, 2.05) is 29.3 Å². The van der Waals surface area contributed by atoms with Gasteiger partial charge in [-0.1, -0.05) is 13.0 Å². The summed E-state index contributed by atoms with van der Waals surface area (Å²) in [6, 6.07) is 4.32. The van der Waals surface area contributed by atoms with E-state index in [0.717, 1.165) is 17.9 Å². The number of nitrogens with one attached hydrogen (secondary N) is 1. The number of anilines is 1. The Balaban J connectivity index is 2.76. The Kier molecular flexibility index (Phi) is 6.39. The van der Waals surface area contributed by atoms with Gasteiger partial charge < -0.3 is 15.3 Å². The molecule has 0 aliphatic carbocycles. The van der Waals surface area contributed by atoms with Crippen LogP contribution in [0.4, 0.5) is 5.69 Å². The molecule has 100 valence electrons. The fourth-order valence-electron chi connectivity index (χ4n) is 1.85. The molecule has 1 aromatic heterocycles. The van der Waals surface area contributed by atoms with Crippen LogP contribution in [0.1, 0.15) is 25.6 Å². The Morgan fingerprint density at radius 1 is 1.56 bits per heavy atom. The summed E-state index contributed by atoms with van der Waals surface area (Å²) >= 11 is 0. The number of hydrogen-bond acceptors (Lipinski definition) is 4. The predicted octanol–water partition coefficient (Wildman–Crippen LogP) is 1.74. The van der Waals surface area contributed by atoms with Crippen molar-refractivity contribution in [1.82, 2.24) is 10.3 Å². The molecule has 2 N–H and O–H groups in total. The molecule has 0 saturated carbocycles. The average Bonchev–Trinajstić information content (AvgIpc) is 2.39. The van der Waals surface area contributed by atoms with Crippen LogP contribution >= 0.6 is 0 Å². The fourth-order valence-corrected chi connectivity index (χ4v) is 1.85. The Morgan fingerprint density at radius 3 is 2.83 bits per heavy atom. The minimum atomic E-state index is 0.128. The van der Waals surface area contributed by atoms with Crippen LogP contribution in [0, 0.1) is 0 Å². The van der Waals surface area contributed by atoms with Crippen molar-refractivity contribution in [3.8, 4) is 0 Å². The van der Waals surface area contributed by atoms with E-state index in [1.165, 1.54) is 0 Å². The number of aliphatic hydroxyl groups is 1. The van der Waals surface area contributed by atoms with Gasteiger partial charge in [-0.2, -0.15) is 0 Å². The maximum absolute atomic E-state index is 9.03. The lowest BCUT2D eigenvalue weighted by molar-refractivity contribution is 0.303. The van der Waals surface area contributed by atoms with Gasteiger partial charge in [-0.25, -0.2) is 0 Å². The summed E-state index contributed by atoms with van der Waals surface area (Å²) in [5.74, 6) is 0. The first-order chi connectivity index (χ1) is 8.72. The summed E-state index contributed by atoms with van der Waals surface area (Å²) < 4.78 is 0. The second-order valence-electron chi connectivity index (χ2n) is 4.18. The maximum Gasteiger partial charge on any atom is 0.0606 e. The van der Waals surface area contributed by atoms with E-state index in [2.05, 4.69) is 30.7 Å². The van der Waals surface area contributed by atoms with E-state index in [9.17, 15) is 0 Å². The van der Waals surface area contributed by atoms with Crippen molar-refractivity contribution in [3.63, 3.8) is 0 Å². The number of hydrogen-bond donors (Lipinski definition) is 2. The van der Waals surface area contributed by atoms with Crippen molar-refractivity contribution in [2.75, 3.05) is 31.1 Å². The summed E-state index contributed by atoms with van der Waals surface area (Å²) in [5.41, 5.74) is 2.04. The molecular formula is C14H23N3O. The van der Waals surface area contributed by atoms with Gasteiger partial charge in [-0.05, 0) is 25.6 Å². The summed E-state index contributed by atoms with van der Waals surface area (Å²) in [5, 5.41) is 12.4. The zero-order chi connectivity index (χ0) is 13.4. The summed E-state index contributed by atoms with van der Waals surface area (Å²) in [7, 11) is 0. The van der Waals surface area contributed by atoms with Crippen molar-refractivity contribution in [2.45, 2.75) is 19.9 Å². The van der Waals surface area contributed by atoms with Gasteiger partial charge in [0, 0.05) is 19.1 Å². The van der Waals surface area contributed by atoms with Gasteiger partial charge in [0.05, 0.1) is 24.2 Å². The monoisotopic (exact) mass is 249 g/mol. The maximum atomic E-state index is 9.03. The predicted molar refractivity (Wildman–Crippen MR) is 75.8 cm³/mol. The minimum absolute atomic E-state index is 0.128. The average molecular weight is 249 g/mol. The van der Waals surface area contributed by atoms with Crippen molar-refractivity contribution < 1.29 is 5.11 Å². The molecule has 0 saturated heterocycles. The SMILES string of the molecule is C=CCN(CCO)c1ccc(C(C)NCC)nc1. The van der Waals surface area contributed by atoms with Crippen molar-refractivity contribution in [1.29, 1.82) is 0 Å². The number of nitrogens with zero attached hydrogens (tertiary/aromatic N) is 2. The highest BCUT2D eigenvalue weighted by atomic mass is 16.3. The molecule has 18 heavy (non-hydrogen) atoms. The van der Waals surface area contributed by atoms with E-state index in [0.29, 0.717) is 13.1 Å². The van der Waals surface area contributed by atoms with Crippen molar-refractivity contribution >= 4 is 5.69 Å². The van der Waals surface area contributed by atoms with Crippen LogP contribution in [0.5, 0.6) is 0 Å². The van der Waals surface area contributed by atoms with E-state index in [4.69, 9.17) is 5.11 Å². The molecule has 1 unspecified atom stereocenters. The van der Waals surface area contributed by atoms with Crippen LogP contribution in [-0.2, 0) is 0 Å². The summed E-state index contributed by atoms with van der Waals surface area (Å²) in [6.07, 6.45) is 3.67. The molecule has 1 heterocycles. The first kappa shape index (κ1) is 14.7. The van der Waals surface area contributed by atoms with Crippen molar-refractivity contribution in [2.24, 2.45) is 0 Å². The Labute approximate surface area is 109 Å². The van der Waals surface area contributed by atoms with Gasteiger partial charge in [-0.15, -0.1) is 6.58 Å². The number of aliphatic hydroxyl groups excluding tert-OH is 1. The van der Waals surface area contributed by atoms with Crippen LogP contribution in [0.15, 0.2) is 31.0 Å². The zero-order valence-corrected chi connectivity index (χ0v) is 11.3. The van der Waals surface area contributed by atoms with Gasteiger partial charge in [0.25, 0.3) is 0 Å². The molecule has 1 rings (SSSR count). The Bertz CT molecular complexity index is 351. The molecule has 0 aliphatic heterocycles. The summed E-state index contributed by atoms with van der Waals surface area (Å²) in [6.45, 7) is 10.3. The first-order valence-corrected chi connectivity index (χ1v) is 6.39. The molecule has 4 heteroatoms. The van der Waals surface area contributed by atoms with Crippen LogP contribution in [0.2, 0.25) is 0 Å². The molecule has 0 bridgehead atoms. The number of rotatable bonds is 8. The van der Waals surface area contributed by atoms with E-state index >= 15 is 0 Å². The third-order valence-electron chi connectivity index (χ3n) is 2.81. The molecule has 1 atom stereocenters. The third-order valence-corrected chi connectivity index (χ3v) is 2.81. The van der Waals surface area contributed by atoms with Crippen LogP contribution in [-0.4, -0.2) is 36.3 Å². The highest BCUT2D eigenvalue weighted by molar-refractivity contribution is 5.45. The molecule has 1 aromatic rings. The lowest BCUT2D eigenvalue weighted by Gasteiger charge is -2.22. The van der Waals surface area contributed by atoms with Crippen molar-refractivity contribution in [3.05, 3.63) is 36.7 Å². The molecule has 0 fully saturated rings. The zero-order valence-electron chi connectivity index (χ0n) is 11.3. The van der Waals surface area contributed by atoms with Gasteiger partial charge in [-0.3, -0.25) is 4.98 Å². The smallest absolute Gasteiger partial charge is 0.0606 e. The molecule has 0 aliphatic rings. The molecule has 0 amide bonds. The van der Waals surface area contributed by atoms with Crippen LogP contribution < -0.4 is 10.2 Å². The lowest BCUT2D eigenvalue weighted by Crippen LogP contribution is -2.27. The molecule has 4 nitrogen and oxygen atoms in total. The van der Waals surface area contributed by atoms with E-state index < -0.39 is 0 Å². The second kappa shape index (κ2) is 7.84. The minimum Gasteiger partial charge on any atom is -0.395 e. The molecule has 0 aromatic carbocycles. The normalized spacial score (nSPS) is 12.2. The Hall–Kier alpha value is -1.39. The van der Waals surface area contributed by atoms with Gasteiger partial charge >= 0.3 is 0 Å². The quantitative estimate of drug-likeness (QED) is 0.689. The lowest BCUT2D eigenvalue weighted by atomic mass is 10.2. The van der Waals surface area contributed by atoms with Crippen LogP contribution in [0.25, 0.3) is 0 Å². The van der Waals surface area contributed by atoms with E-state index in [-0.39, 0.29) is 12.6 Å². The topological polar surface area (TPSA) is 48.4 Å². The van der Waals surface area contributed by atoms with Gasteiger partial charge in [0.1, 0.15) is 0 Å². The highest BCUT2D eigenvalue weighted by Gasteiger charge is 2.08. The second-order valence-corrected chi connectivity index (χ2v) is 4.18. The number of pyridine rings is 1. The third kappa shape index (κ3) is 4.13. The van der Waals surface area contributed by atoms with Gasteiger partial charge in [0.15, 0.2) is 0 Å². The standard InChI is InChI=1S/C14H23N3O/c1-4-8-17(9-10-18)13-6-7-14(16-11-13)12(3)15-5-2/h4,6-7,11-12,15,18H,1,5,8-10H2,2-3H3. The molecule has 0 radical (unpaired) electrons. The molecular weight excluding hydrogens is 226 g/mol. The van der Waals surface area contributed by atoms with E-state index in [1.54, 1.807) is 0 Å². The number of aromatic nitrogens is 1.